The average Bonchev–Trinajstić information content (AvgIpc) is 2.94. The van der Waals surface area contributed by atoms with E-state index in [1.54, 1.807) is 0 Å². The van der Waals surface area contributed by atoms with Crippen molar-refractivity contribution in [2.24, 2.45) is 10.7 Å². The first-order valence-corrected chi connectivity index (χ1v) is 7.15. The van der Waals surface area contributed by atoms with E-state index in [2.05, 4.69) is 44.5 Å². The molecule has 2 rings (SSSR count). The summed E-state index contributed by atoms with van der Waals surface area (Å²) in [4.78, 5) is 8.63. The molecule has 1 heterocycles. The normalized spacial score (nSPS) is 11.9. The lowest BCUT2D eigenvalue weighted by molar-refractivity contribution is 0.780. The van der Waals surface area contributed by atoms with Gasteiger partial charge in [0, 0.05) is 11.6 Å². The third-order valence-electron chi connectivity index (χ3n) is 3.07. The van der Waals surface area contributed by atoms with Crippen molar-refractivity contribution in [3.63, 3.8) is 0 Å². The molecule has 0 aliphatic heterocycles. The quantitative estimate of drug-likeness (QED) is 0.581. The Morgan fingerprint density at radius 1 is 1.43 bits per heavy atom. The van der Waals surface area contributed by atoms with Gasteiger partial charge in [0.1, 0.15) is 12.4 Å². The summed E-state index contributed by atoms with van der Waals surface area (Å²) in [5.41, 5.74) is 8.08. The van der Waals surface area contributed by atoms with Gasteiger partial charge in [-0.25, -0.2) is 9.98 Å². The van der Waals surface area contributed by atoms with Gasteiger partial charge in [-0.3, -0.25) is 5.10 Å². The number of aliphatic imine (C=N–C) groups is 1. The van der Waals surface area contributed by atoms with Crippen molar-refractivity contribution in [3.8, 4) is 0 Å². The van der Waals surface area contributed by atoms with E-state index in [4.69, 9.17) is 5.73 Å². The highest BCUT2D eigenvalue weighted by molar-refractivity contribution is 5.92. The molecule has 0 aliphatic rings. The van der Waals surface area contributed by atoms with Gasteiger partial charge in [-0.2, -0.15) is 5.10 Å². The van der Waals surface area contributed by atoms with E-state index in [1.807, 2.05) is 26.0 Å². The molecule has 6 heteroatoms. The van der Waals surface area contributed by atoms with Crippen molar-refractivity contribution < 1.29 is 0 Å². The van der Waals surface area contributed by atoms with Crippen LogP contribution in [0.15, 0.2) is 29.3 Å². The molecular formula is C15H22N6. The first kappa shape index (κ1) is 15.0. The van der Waals surface area contributed by atoms with Crippen LogP contribution < -0.4 is 11.1 Å². The number of aromatic amines is 1. The summed E-state index contributed by atoms with van der Waals surface area (Å²) in [7, 11) is 0. The van der Waals surface area contributed by atoms with Crippen molar-refractivity contribution in [3.05, 3.63) is 41.5 Å². The number of benzene rings is 1. The lowest BCUT2D eigenvalue weighted by atomic mass is 10.1. The number of aryl methyl sites for hydroxylation is 1. The molecule has 0 bridgehead atoms. The molecule has 0 atom stereocenters. The number of nitrogens with zero attached hydrogens (tertiary/aromatic N) is 3. The zero-order valence-corrected chi connectivity index (χ0v) is 12.7. The van der Waals surface area contributed by atoms with E-state index in [0.29, 0.717) is 24.2 Å². The summed E-state index contributed by atoms with van der Waals surface area (Å²) in [6.07, 6.45) is 0.989. The Morgan fingerprint density at radius 2 is 2.24 bits per heavy atom. The van der Waals surface area contributed by atoms with Gasteiger partial charge in [-0.1, -0.05) is 32.9 Å². The van der Waals surface area contributed by atoms with Crippen LogP contribution in [0.25, 0.3) is 0 Å². The minimum absolute atomic E-state index is 0.297. The van der Waals surface area contributed by atoms with Gasteiger partial charge in [-0.15, -0.1) is 0 Å². The Bertz CT molecular complexity index is 614. The second-order valence-electron chi connectivity index (χ2n) is 5.18. The van der Waals surface area contributed by atoms with Gasteiger partial charge < -0.3 is 11.1 Å². The molecule has 6 nitrogen and oxygen atoms in total. The molecule has 1 aromatic carbocycles. The number of rotatable bonds is 5. The minimum Gasteiger partial charge on any atom is -0.370 e. The maximum Gasteiger partial charge on any atom is 0.193 e. The van der Waals surface area contributed by atoms with Gasteiger partial charge in [0.2, 0.25) is 0 Å². The molecule has 4 N–H and O–H groups in total. The Kier molecular flexibility index (Phi) is 4.92. The molecule has 1 aromatic heterocycles. The summed E-state index contributed by atoms with van der Waals surface area (Å²) in [6, 6.07) is 8.11. The lowest BCUT2D eigenvalue weighted by Gasteiger charge is -2.06. The van der Waals surface area contributed by atoms with E-state index in [0.717, 1.165) is 17.9 Å². The maximum atomic E-state index is 5.89. The highest BCUT2D eigenvalue weighted by atomic mass is 15.2. The fraction of sp³-hybridized carbons (Fsp3) is 0.400. The molecule has 0 unspecified atom stereocenters. The smallest absolute Gasteiger partial charge is 0.193 e. The van der Waals surface area contributed by atoms with Gasteiger partial charge in [0.15, 0.2) is 11.8 Å². The van der Waals surface area contributed by atoms with E-state index in [1.165, 1.54) is 5.56 Å². The standard InChI is InChI=1S/C15H22N6/c1-4-11-6-5-7-12(8-11)18-15(16)17-9-13-19-14(10(2)3)21-20-13/h5-8,10H,4,9H2,1-3H3,(H3,16,17,18)(H,19,20,21). The first-order valence-electron chi connectivity index (χ1n) is 7.15. The maximum absolute atomic E-state index is 5.89. The van der Waals surface area contributed by atoms with Crippen molar-refractivity contribution in [2.75, 3.05) is 5.32 Å². The third-order valence-corrected chi connectivity index (χ3v) is 3.07. The Hall–Kier alpha value is -2.37. The molecule has 0 saturated heterocycles. The second kappa shape index (κ2) is 6.88. The first-order chi connectivity index (χ1) is 10.1. The number of hydrogen-bond acceptors (Lipinski definition) is 3. The van der Waals surface area contributed by atoms with E-state index < -0.39 is 0 Å². The molecule has 0 spiro atoms. The summed E-state index contributed by atoms with van der Waals surface area (Å²) < 4.78 is 0. The molecule has 0 amide bonds. The van der Waals surface area contributed by atoms with Crippen LogP contribution in [0.3, 0.4) is 0 Å². The summed E-state index contributed by atoms with van der Waals surface area (Å²) >= 11 is 0. The summed E-state index contributed by atoms with van der Waals surface area (Å²) in [5, 5.41) is 10.1. The number of hydrogen-bond donors (Lipinski definition) is 3. The molecule has 21 heavy (non-hydrogen) atoms. The zero-order valence-electron chi connectivity index (χ0n) is 12.7. The van der Waals surface area contributed by atoms with Crippen molar-refractivity contribution in [1.29, 1.82) is 0 Å². The van der Waals surface area contributed by atoms with Crippen LogP contribution in [0.4, 0.5) is 5.69 Å². The molecule has 0 radical (unpaired) electrons. The number of aromatic nitrogens is 3. The predicted molar refractivity (Wildman–Crippen MR) is 85.2 cm³/mol. The average molecular weight is 286 g/mol. The van der Waals surface area contributed by atoms with Gasteiger partial charge in [-0.05, 0) is 24.1 Å². The Morgan fingerprint density at radius 3 is 2.90 bits per heavy atom. The Balaban J connectivity index is 1.96. The van der Waals surface area contributed by atoms with Crippen molar-refractivity contribution in [1.82, 2.24) is 15.2 Å². The highest BCUT2D eigenvalue weighted by Gasteiger charge is 2.06. The molecule has 2 aromatic rings. The van der Waals surface area contributed by atoms with Crippen LogP contribution in [-0.4, -0.2) is 21.1 Å². The van der Waals surface area contributed by atoms with Crippen molar-refractivity contribution >= 4 is 11.6 Å². The summed E-state index contributed by atoms with van der Waals surface area (Å²) in [5.74, 6) is 2.17. The molecule has 0 saturated carbocycles. The molecule has 0 aliphatic carbocycles. The number of guanidine groups is 1. The SMILES string of the molecule is CCc1cccc(NC(N)=NCc2nc(C(C)C)n[nH]2)c1. The van der Waals surface area contributed by atoms with Crippen LogP contribution in [0, 0.1) is 0 Å². The second-order valence-corrected chi connectivity index (χ2v) is 5.18. The third kappa shape index (κ3) is 4.30. The number of nitrogens with two attached hydrogens (primary N) is 1. The molecule has 0 fully saturated rings. The monoisotopic (exact) mass is 286 g/mol. The Labute approximate surface area is 124 Å². The van der Waals surface area contributed by atoms with Crippen LogP contribution in [0.1, 0.15) is 43.9 Å². The zero-order chi connectivity index (χ0) is 15.2. The number of H-pyrrole nitrogens is 1. The summed E-state index contributed by atoms with van der Waals surface area (Å²) in [6.45, 7) is 6.60. The largest absolute Gasteiger partial charge is 0.370 e. The van der Waals surface area contributed by atoms with Crippen molar-refractivity contribution in [2.45, 2.75) is 39.7 Å². The number of nitrogens with one attached hydrogen (secondary N) is 2. The van der Waals surface area contributed by atoms with Crippen LogP contribution in [0.5, 0.6) is 0 Å². The highest BCUT2D eigenvalue weighted by Crippen LogP contribution is 2.11. The lowest BCUT2D eigenvalue weighted by Crippen LogP contribution is -2.22. The fourth-order valence-electron chi connectivity index (χ4n) is 1.86. The van der Waals surface area contributed by atoms with Crippen LogP contribution >= 0.6 is 0 Å². The van der Waals surface area contributed by atoms with Crippen LogP contribution in [-0.2, 0) is 13.0 Å². The fourth-order valence-corrected chi connectivity index (χ4v) is 1.86. The van der Waals surface area contributed by atoms with Gasteiger partial charge >= 0.3 is 0 Å². The number of anilines is 1. The van der Waals surface area contributed by atoms with E-state index >= 15 is 0 Å². The minimum atomic E-state index is 0.297. The van der Waals surface area contributed by atoms with Gasteiger partial charge in [0.25, 0.3) is 0 Å². The van der Waals surface area contributed by atoms with E-state index in [9.17, 15) is 0 Å². The topological polar surface area (TPSA) is 92.0 Å². The van der Waals surface area contributed by atoms with Gasteiger partial charge in [0.05, 0.1) is 0 Å². The molecule has 112 valence electrons. The van der Waals surface area contributed by atoms with E-state index in [-0.39, 0.29) is 0 Å². The molecular weight excluding hydrogens is 264 g/mol. The predicted octanol–water partition coefficient (Wildman–Crippen LogP) is 2.42. The van der Waals surface area contributed by atoms with Crippen LogP contribution in [0.2, 0.25) is 0 Å².